The Balaban J connectivity index is 2.05. The molecule has 4 unspecified atom stereocenters. The van der Waals surface area contributed by atoms with Crippen LogP contribution in [0.25, 0.3) is 0 Å². The predicted molar refractivity (Wildman–Crippen MR) is 79.1 cm³/mol. The van der Waals surface area contributed by atoms with Crippen LogP contribution < -0.4 is 0 Å². The summed E-state index contributed by atoms with van der Waals surface area (Å²) in [4.78, 5) is 0. The third-order valence-electron chi connectivity index (χ3n) is 5.98. The van der Waals surface area contributed by atoms with Crippen molar-refractivity contribution in [3.8, 4) is 0 Å². The first-order valence-electron chi connectivity index (χ1n) is 8.32. The average Bonchev–Trinajstić information content (AvgIpc) is 2.67. The molecule has 2 saturated carbocycles. The number of hydrogen-bond acceptors (Lipinski definition) is 2. The number of hydrogen-bond donors (Lipinski definition) is 1. The Morgan fingerprint density at radius 2 is 1.63 bits per heavy atom. The monoisotopic (exact) mass is 268 g/mol. The topological polar surface area (TPSA) is 29.5 Å². The van der Waals surface area contributed by atoms with Crippen LogP contribution in [-0.4, -0.2) is 23.9 Å². The van der Waals surface area contributed by atoms with Gasteiger partial charge in [0, 0.05) is 7.11 Å². The van der Waals surface area contributed by atoms with E-state index in [0.717, 1.165) is 24.7 Å². The van der Waals surface area contributed by atoms with Crippen molar-refractivity contribution in [2.24, 2.45) is 17.8 Å². The number of methoxy groups -OCH3 is 1. The Hall–Kier alpha value is -0.0800. The van der Waals surface area contributed by atoms with E-state index in [1.807, 2.05) is 7.11 Å². The summed E-state index contributed by atoms with van der Waals surface area (Å²) < 4.78 is 5.89. The van der Waals surface area contributed by atoms with E-state index in [2.05, 4.69) is 13.8 Å². The normalized spacial score (nSPS) is 37.6. The Kier molecular flexibility index (Phi) is 5.30. The molecule has 0 aromatic carbocycles. The molecule has 0 aromatic heterocycles. The maximum absolute atomic E-state index is 11.0. The molecule has 0 radical (unpaired) electrons. The maximum Gasteiger partial charge on any atom is 0.0939 e. The zero-order chi connectivity index (χ0) is 13.9. The molecule has 2 heteroatoms. The number of rotatable bonds is 3. The van der Waals surface area contributed by atoms with Crippen LogP contribution in [0.2, 0.25) is 0 Å². The van der Waals surface area contributed by atoms with Gasteiger partial charge in [-0.3, -0.25) is 0 Å². The standard InChI is InChI=1S/C17H32O2/c1-13-8-9-15(12-14(13)2)16(18)17(19-3)10-6-4-5-7-11-17/h13-16,18H,4-12H2,1-3H3. The Morgan fingerprint density at radius 1 is 1.00 bits per heavy atom. The lowest BCUT2D eigenvalue weighted by Crippen LogP contribution is -2.49. The molecular weight excluding hydrogens is 236 g/mol. The second-order valence-corrected chi connectivity index (χ2v) is 7.16. The van der Waals surface area contributed by atoms with Gasteiger partial charge >= 0.3 is 0 Å². The minimum atomic E-state index is -0.259. The van der Waals surface area contributed by atoms with E-state index in [-0.39, 0.29) is 11.7 Å². The van der Waals surface area contributed by atoms with Crippen molar-refractivity contribution in [2.45, 2.75) is 83.3 Å². The molecule has 0 spiro atoms. The van der Waals surface area contributed by atoms with E-state index in [1.54, 1.807) is 0 Å². The van der Waals surface area contributed by atoms with Crippen molar-refractivity contribution in [3.05, 3.63) is 0 Å². The molecule has 2 aliphatic rings. The van der Waals surface area contributed by atoms with Gasteiger partial charge in [0.25, 0.3) is 0 Å². The van der Waals surface area contributed by atoms with Gasteiger partial charge in [-0.2, -0.15) is 0 Å². The van der Waals surface area contributed by atoms with Gasteiger partial charge in [-0.15, -0.1) is 0 Å². The lowest BCUT2D eigenvalue weighted by atomic mass is 9.69. The van der Waals surface area contributed by atoms with Gasteiger partial charge in [0.15, 0.2) is 0 Å². The third kappa shape index (κ3) is 3.33. The van der Waals surface area contributed by atoms with Crippen LogP contribution in [0.1, 0.15) is 71.6 Å². The van der Waals surface area contributed by atoms with Crippen molar-refractivity contribution in [1.29, 1.82) is 0 Å². The maximum atomic E-state index is 11.0. The van der Waals surface area contributed by atoms with E-state index in [9.17, 15) is 5.11 Å². The van der Waals surface area contributed by atoms with Gasteiger partial charge in [0.1, 0.15) is 0 Å². The number of ether oxygens (including phenoxy) is 1. The van der Waals surface area contributed by atoms with Crippen LogP contribution in [0, 0.1) is 17.8 Å². The molecule has 4 atom stereocenters. The van der Waals surface area contributed by atoms with Gasteiger partial charge in [-0.1, -0.05) is 46.0 Å². The fourth-order valence-corrected chi connectivity index (χ4v) is 4.25. The van der Waals surface area contributed by atoms with Crippen LogP contribution in [-0.2, 0) is 4.74 Å². The van der Waals surface area contributed by atoms with Crippen LogP contribution in [0.3, 0.4) is 0 Å². The van der Waals surface area contributed by atoms with Gasteiger partial charge < -0.3 is 9.84 Å². The highest BCUT2D eigenvalue weighted by atomic mass is 16.5. The average molecular weight is 268 g/mol. The molecule has 0 saturated heterocycles. The molecule has 19 heavy (non-hydrogen) atoms. The van der Waals surface area contributed by atoms with Crippen molar-refractivity contribution in [1.82, 2.24) is 0 Å². The first kappa shape index (κ1) is 15.3. The third-order valence-corrected chi connectivity index (χ3v) is 5.98. The second-order valence-electron chi connectivity index (χ2n) is 7.16. The number of aliphatic hydroxyl groups is 1. The van der Waals surface area contributed by atoms with Crippen molar-refractivity contribution < 1.29 is 9.84 Å². The summed E-state index contributed by atoms with van der Waals surface area (Å²) in [6, 6.07) is 0. The molecule has 2 nitrogen and oxygen atoms in total. The Labute approximate surface area is 118 Å². The molecule has 0 heterocycles. The number of aliphatic hydroxyl groups excluding tert-OH is 1. The molecule has 112 valence electrons. The quantitative estimate of drug-likeness (QED) is 0.779. The molecular formula is C17H32O2. The summed E-state index contributed by atoms with van der Waals surface area (Å²) in [5, 5.41) is 11.0. The summed E-state index contributed by atoms with van der Waals surface area (Å²) in [5.74, 6) is 2.01. The molecule has 2 rings (SSSR count). The van der Waals surface area contributed by atoms with E-state index in [0.29, 0.717) is 5.92 Å². The Morgan fingerprint density at radius 3 is 2.16 bits per heavy atom. The van der Waals surface area contributed by atoms with E-state index < -0.39 is 0 Å². The van der Waals surface area contributed by atoms with Gasteiger partial charge in [-0.05, 0) is 43.4 Å². The summed E-state index contributed by atoms with van der Waals surface area (Å²) in [5.41, 5.74) is -0.249. The summed E-state index contributed by atoms with van der Waals surface area (Å²) in [6.45, 7) is 4.70. The highest BCUT2D eigenvalue weighted by molar-refractivity contribution is 4.95. The minimum Gasteiger partial charge on any atom is -0.390 e. The lowest BCUT2D eigenvalue weighted by Gasteiger charge is -2.43. The molecule has 2 fully saturated rings. The summed E-state index contributed by atoms with van der Waals surface area (Å²) >= 11 is 0. The largest absolute Gasteiger partial charge is 0.390 e. The first-order valence-corrected chi connectivity index (χ1v) is 8.32. The molecule has 0 aliphatic heterocycles. The summed E-state index contributed by atoms with van der Waals surface area (Å²) in [7, 11) is 1.81. The first-order chi connectivity index (χ1) is 9.09. The smallest absolute Gasteiger partial charge is 0.0939 e. The lowest BCUT2D eigenvalue weighted by molar-refractivity contribution is -0.140. The fourth-order valence-electron chi connectivity index (χ4n) is 4.25. The van der Waals surface area contributed by atoms with E-state index >= 15 is 0 Å². The highest BCUT2D eigenvalue weighted by Gasteiger charge is 2.43. The minimum absolute atomic E-state index is 0.249. The molecule has 2 aliphatic carbocycles. The fraction of sp³-hybridized carbons (Fsp3) is 1.00. The zero-order valence-corrected chi connectivity index (χ0v) is 13.0. The molecule has 1 N–H and O–H groups in total. The van der Waals surface area contributed by atoms with Crippen LogP contribution in [0.4, 0.5) is 0 Å². The van der Waals surface area contributed by atoms with Gasteiger partial charge in [0.2, 0.25) is 0 Å². The highest BCUT2D eigenvalue weighted by Crippen LogP contribution is 2.42. The predicted octanol–water partition coefficient (Wildman–Crippen LogP) is 4.16. The van der Waals surface area contributed by atoms with Crippen LogP contribution in [0.15, 0.2) is 0 Å². The Bertz CT molecular complexity index is 268. The van der Waals surface area contributed by atoms with Crippen molar-refractivity contribution in [3.63, 3.8) is 0 Å². The SMILES string of the molecule is COC1(C(O)C2CCC(C)C(C)C2)CCCCCC1. The van der Waals surface area contributed by atoms with Crippen molar-refractivity contribution >= 4 is 0 Å². The second kappa shape index (κ2) is 6.58. The van der Waals surface area contributed by atoms with Gasteiger partial charge in [0.05, 0.1) is 11.7 Å². The summed E-state index contributed by atoms with van der Waals surface area (Å²) in [6.07, 6.45) is 10.5. The molecule has 0 bridgehead atoms. The van der Waals surface area contributed by atoms with E-state index in [4.69, 9.17) is 4.74 Å². The van der Waals surface area contributed by atoms with E-state index in [1.165, 1.54) is 44.9 Å². The van der Waals surface area contributed by atoms with Crippen LogP contribution >= 0.6 is 0 Å². The van der Waals surface area contributed by atoms with Crippen molar-refractivity contribution in [2.75, 3.05) is 7.11 Å². The molecule has 0 aromatic rings. The molecule has 0 amide bonds. The zero-order valence-electron chi connectivity index (χ0n) is 13.0. The van der Waals surface area contributed by atoms with Gasteiger partial charge in [-0.25, -0.2) is 0 Å². The van der Waals surface area contributed by atoms with Crippen LogP contribution in [0.5, 0.6) is 0 Å².